The van der Waals surface area contributed by atoms with Crippen molar-refractivity contribution in [2.75, 3.05) is 6.54 Å². The molecule has 3 nitrogen and oxygen atoms in total. The third-order valence-electron chi connectivity index (χ3n) is 2.39. The fraction of sp³-hybridized carbons (Fsp3) is 0.462. The average molecular weight is 239 g/mol. The smallest absolute Gasteiger partial charge is 0.225 e. The Labute approximate surface area is 101 Å². The molecule has 0 heterocycles. The minimum atomic E-state index is -0.818. The lowest BCUT2D eigenvalue weighted by atomic mass is 9.95. The van der Waals surface area contributed by atoms with Crippen LogP contribution in [-0.2, 0) is 4.79 Å². The van der Waals surface area contributed by atoms with Crippen LogP contribution in [0.1, 0.15) is 32.4 Å². The number of nitrogens with one attached hydrogen (secondary N) is 1. The first kappa shape index (κ1) is 13.6. The zero-order chi connectivity index (χ0) is 13.1. The van der Waals surface area contributed by atoms with Crippen LogP contribution >= 0.6 is 0 Å². The summed E-state index contributed by atoms with van der Waals surface area (Å²) in [4.78, 5) is 11.6. The number of hydrogen-bond donors (Lipinski definition) is 2. The van der Waals surface area contributed by atoms with Gasteiger partial charge in [-0.3, -0.25) is 4.79 Å². The van der Waals surface area contributed by atoms with Crippen LogP contribution in [0.2, 0.25) is 0 Å². The molecule has 94 valence electrons. The molecule has 0 aliphatic heterocycles. The molecule has 0 fully saturated rings. The maximum atomic E-state index is 12.7. The van der Waals surface area contributed by atoms with Gasteiger partial charge in [-0.2, -0.15) is 0 Å². The topological polar surface area (TPSA) is 49.3 Å². The largest absolute Gasteiger partial charge is 0.387 e. The molecule has 0 aliphatic rings. The maximum Gasteiger partial charge on any atom is 0.225 e. The summed E-state index contributed by atoms with van der Waals surface area (Å²) in [6, 6.07) is 5.57. The minimum absolute atomic E-state index is 0.126. The first-order chi connectivity index (χ1) is 7.80. The highest BCUT2D eigenvalue weighted by Gasteiger charge is 2.21. The Morgan fingerprint density at radius 2 is 1.88 bits per heavy atom. The van der Waals surface area contributed by atoms with Gasteiger partial charge in [-0.15, -0.1) is 0 Å². The second-order valence-electron chi connectivity index (χ2n) is 5.03. The molecule has 0 saturated carbocycles. The number of carbonyl (C=O) groups excluding carboxylic acids is 1. The van der Waals surface area contributed by atoms with E-state index in [1.54, 1.807) is 20.8 Å². The number of benzene rings is 1. The van der Waals surface area contributed by atoms with Crippen molar-refractivity contribution in [1.82, 2.24) is 5.32 Å². The molecule has 1 amide bonds. The van der Waals surface area contributed by atoms with E-state index in [9.17, 15) is 14.3 Å². The van der Waals surface area contributed by atoms with Crippen molar-refractivity contribution in [3.63, 3.8) is 0 Å². The molecule has 4 heteroatoms. The molecule has 2 N–H and O–H groups in total. The lowest BCUT2D eigenvalue weighted by molar-refractivity contribution is -0.128. The number of aliphatic hydroxyl groups excluding tert-OH is 1. The third-order valence-corrected chi connectivity index (χ3v) is 2.39. The molecule has 1 aromatic carbocycles. The van der Waals surface area contributed by atoms with Crippen LogP contribution < -0.4 is 5.32 Å². The lowest BCUT2D eigenvalue weighted by Gasteiger charge is -2.19. The molecule has 1 unspecified atom stereocenters. The van der Waals surface area contributed by atoms with Crippen LogP contribution in [0.5, 0.6) is 0 Å². The Balaban J connectivity index is 2.53. The number of aliphatic hydroxyl groups is 1. The van der Waals surface area contributed by atoms with Gasteiger partial charge in [0, 0.05) is 12.0 Å². The Kier molecular flexibility index (Phi) is 4.23. The second kappa shape index (κ2) is 5.27. The van der Waals surface area contributed by atoms with E-state index in [0.29, 0.717) is 5.56 Å². The predicted molar refractivity (Wildman–Crippen MR) is 63.8 cm³/mol. The van der Waals surface area contributed by atoms with Gasteiger partial charge in [-0.25, -0.2) is 4.39 Å². The molecular weight excluding hydrogens is 221 g/mol. The highest BCUT2D eigenvalue weighted by Crippen LogP contribution is 2.15. The summed E-state index contributed by atoms with van der Waals surface area (Å²) < 4.78 is 12.7. The lowest BCUT2D eigenvalue weighted by Crippen LogP contribution is -2.37. The molecule has 0 spiro atoms. The summed E-state index contributed by atoms with van der Waals surface area (Å²) in [5.74, 6) is -0.474. The second-order valence-corrected chi connectivity index (χ2v) is 5.03. The van der Waals surface area contributed by atoms with E-state index in [0.717, 1.165) is 0 Å². The Morgan fingerprint density at radius 1 is 1.35 bits per heavy atom. The molecule has 1 rings (SSSR count). The van der Waals surface area contributed by atoms with E-state index in [2.05, 4.69) is 5.32 Å². The molecule has 1 atom stereocenters. The van der Waals surface area contributed by atoms with Crippen molar-refractivity contribution in [1.29, 1.82) is 0 Å². The molecule has 0 radical (unpaired) electrons. The molecule has 0 bridgehead atoms. The van der Waals surface area contributed by atoms with Gasteiger partial charge in [-0.05, 0) is 17.7 Å². The Bertz CT molecular complexity index is 381. The van der Waals surface area contributed by atoms with E-state index in [4.69, 9.17) is 0 Å². The fourth-order valence-corrected chi connectivity index (χ4v) is 1.26. The number of rotatable bonds is 3. The van der Waals surface area contributed by atoms with Gasteiger partial charge < -0.3 is 10.4 Å². The molecular formula is C13H18FNO2. The molecule has 1 aromatic rings. The monoisotopic (exact) mass is 239 g/mol. The maximum absolute atomic E-state index is 12.7. The van der Waals surface area contributed by atoms with E-state index in [1.807, 2.05) is 0 Å². The highest BCUT2D eigenvalue weighted by atomic mass is 19.1. The van der Waals surface area contributed by atoms with Gasteiger partial charge in [0.2, 0.25) is 5.91 Å². The summed E-state index contributed by atoms with van der Waals surface area (Å²) in [5, 5.41) is 12.4. The van der Waals surface area contributed by atoms with Gasteiger partial charge in [0.25, 0.3) is 0 Å². The molecule has 0 aromatic heterocycles. The average Bonchev–Trinajstić information content (AvgIpc) is 2.25. The van der Waals surface area contributed by atoms with E-state index in [-0.39, 0.29) is 18.3 Å². The zero-order valence-corrected chi connectivity index (χ0v) is 10.3. The van der Waals surface area contributed by atoms with Crippen LogP contribution in [0.4, 0.5) is 4.39 Å². The molecule has 0 saturated heterocycles. The standard InChI is InChI=1S/C13H18FNO2/c1-13(2,3)12(17)15-8-11(16)9-4-6-10(14)7-5-9/h4-7,11,16H,8H2,1-3H3,(H,15,17). The van der Waals surface area contributed by atoms with Crippen molar-refractivity contribution in [2.24, 2.45) is 5.41 Å². The molecule has 17 heavy (non-hydrogen) atoms. The first-order valence-corrected chi connectivity index (χ1v) is 5.52. The van der Waals surface area contributed by atoms with E-state index < -0.39 is 11.5 Å². The van der Waals surface area contributed by atoms with Crippen molar-refractivity contribution in [3.05, 3.63) is 35.6 Å². The summed E-state index contributed by atoms with van der Waals surface area (Å²) in [5.41, 5.74) is 0.100. The van der Waals surface area contributed by atoms with Crippen LogP contribution in [-0.4, -0.2) is 17.6 Å². The summed E-state index contributed by atoms with van der Waals surface area (Å²) in [6.45, 7) is 5.52. The zero-order valence-electron chi connectivity index (χ0n) is 10.3. The van der Waals surface area contributed by atoms with Crippen LogP contribution in [0.25, 0.3) is 0 Å². The highest BCUT2D eigenvalue weighted by molar-refractivity contribution is 5.81. The Hall–Kier alpha value is -1.42. The first-order valence-electron chi connectivity index (χ1n) is 5.52. The predicted octanol–water partition coefficient (Wildman–Crippen LogP) is 2.02. The normalized spacial score (nSPS) is 13.2. The van der Waals surface area contributed by atoms with Gasteiger partial charge in [0.1, 0.15) is 5.82 Å². The number of hydrogen-bond acceptors (Lipinski definition) is 2. The SMILES string of the molecule is CC(C)(C)C(=O)NCC(O)c1ccc(F)cc1. The fourth-order valence-electron chi connectivity index (χ4n) is 1.26. The quantitative estimate of drug-likeness (QED) is 0.847. The van der Waals surface area contributed by atoms with Crippen LogP contribution in [0.3, 0.4) is 0 Å². The van der Waals surface area contributed by atoms with Crippen LogP contribution in [0, 0.1) is 11.2 Å². The molecule has 0 aliphatic carbocycles. The van der Waals surface area contributed by atoms with Crippen molar-refractivity contribution < 1.29 is 14.3 Å². The van der Waals surface area contributed by atoms with Gasteiger partial charge in [0.15, 0.2) is 0 Å². The summed E-state index contributed by atoms with van der Waals surface area (Å²) in [7, 11) is 0. The van der Waals surface area contributed by atoms with Gasteiger partial charge in [0.05, 0.1) is 6.10 Å². The summed E-state index contributed by atoms with van der Waals surface area (Å²) >= 11 is 0. The van der Waals surface area contributed by atoms with Gasteiger partial charge >= 0.3 is 0 Å². The number of amides is 1. The third kappa shape index (κ3) is 4.15. The summed E-state index contributed by atoms with van der Waals surface area (Å²) in [6.07, 6.45) is -0.818. The van der Waals surface area contributed by atoms with Crippen molar-refractivity contribution in [3.8, 4) is 0 Å². The van der Waals surface area contributed by atoms with E-state index >= 15 is 0 Å². The number of halogens is 1. The van der Waals surface area contributed by atoms with E-state index in [1.165, 1.54) is 24.3 Å². The minimum Gasteiger partial charge on any atom is -0.387 e. The van der Waals surface area contributed by atoms with Crippen LogP contribution in [0.15, 0.2) is 24.3 Å². The Morgan fingerprint density at radius 3 is 2.35 bits per heavy atom. The van der Waals surface area contributed by atoms with Crippen molar-refractivity contribution in [2.45, 2.75) is 26.9 Å². The van der Waals surface area contributed by atoms with Crippen molar-refractivity contribution >= 4 is 5.91 Å². The van der Waals surface area contributed by atoms with Gasteiger partial charge in [-0.1, -0.05) is 32.9 Å². The number of carbonyl (C=O) groups is 1.